The Labute approximate surface area is 172 Å². The molecule has 5 rings (SSSR count). The fourth-order valence-corrected chi connectivity index (χ4v) is 5.80. The normalized spacial score (nSPS) is 28.5. The van der Waals surface area contributed by atoms with Crippen molar-refractivity contribution in [3.63, 3.8) is 0 Å². The van der Waals surface area contributed by atoms with E-state index in [2.05, 4.69) is 23.2 Å². The SMILES string of the molecule is C[C@H]1[C@H]2Cc3ccc(O)cc3[C@@]1(CCNCc1ccc(F)cc1)CN2CC1CC1. The molecule has 2 bridgehead atoms. The van der Waals surface area contributed by atoms with Crippen LogP contribution < -0.4 is 5.32 Å². The van der Waals surface area contributed by atoms with Crippen molar-refractivity contribution >= 4 is 0 Å². The lowest BCUT2D eigenvalue weighted by atomic mass is 9.63. The number of benzene rings is 2. The summed E-state index contributed by atoms with van der Waals surface area (Å²) < 4.78 is 13.1. The molecule has 0 amide bonds. The van der Waals surface area contributed by atoms with Crippen LogP contribution in [0, 0.1) is 17.7 Å². The third kappa shape index (κ3) is 3.57. The second-order valence-electron chi connectivity index (χ2n) is 9.48. The van der Waals surface area contributed by atoms with E-state index in [-0.39, 0.29) is 11.2 Å². The van der Waals surface area contributed by atoms with Crippen LogP contribution in [0.2, 0.25) is 0 Å². The predicted octanol–water partition coefficient (Wildman–Crippen LogP) is 4.24. The molecule has 4 heteroatoms. The molecule has 2 fully saturated rings. The number of hydrogen-bond donors (Lipinski definition) is 2. The van der Waals surface area contributed by atoms with Gasteiger partial charge in [0.25, 0.3) is 0 Å². The van der Waals surface area contributed by atoms with Gasteiger partial charge in [-0.1, -0.05) is 25.1 Å². The molecule has 0 spiro atoms. The summed E-state index contributed by atoms with van der Waals surface area (Å²) in [6, 6.07) is 13.4. The van der Waals surface area contributed by atoms with Crippen molar-refractivity contribution in [3.8, 4) is 5.75 Å². The van der Waals surface area contributed by atoms with E-state index in [1.54, 1.807) is 0 Å². The molecule has 3 atom stereocenters. The van der Waals surface area contributed by atoms with Gasteiger partial charge in [-0.15, -0.1) is 0 Å². The zero-order valence-corrected chi connectivity index (χ0v) is 17.2. The molecule has 1 aliphatic heterocycles. The molecule has 2 aliphatic carbocycles. The van der Waals surface area contributed by atoms with Gasteiger partial charge >= 0.3 is 0 Å². The molecule has 1 saturated heterocycles. The van der Waals surface area contributed by atoms with Gasteiger partial charge in [-0.2, -0.15) is 0 Å². The van der Waals surface area contributed by atoms with Gasteiger partial charge in [0.2, 0.25) is 0 Å². The largest absolute Gasteiger partial charge is 0.508 e. The van der Waals surface area contributed by atoms with Gasteiger partial charge < -0.3 is 10.4 Å². The lowest BCUT2D eigenvalue weighted by molar-refractivity contribution is 0.218. The van der Waals surface area contributed by atoms with Gasteiger partial charge in [0.05, 0.1) is 0 Å². The molecule has 3 nitrogen and oxygen atoms in total. The quantitative estimate of drug-likeness (QED) is 0.690. The second-order valence-corrected chi connectivity index (χ2v) is 9.48. The van der Waals surface area contributed by atoms with Gasteiger partial charge in [-0.05, 0) is 85.0 Å². The maximum absolute atomic E-state index is 13.1. The van der Waals surface area contributed by atoms with Gasteiger partial charge in [-0.3, -0.25) is 4.90 Å². The van der Waals surface area contributed by atoms with Gasteiger partial charge in [0.15, 0.2) is 0 Å². The van der Waals surface area contributed by atoms with E-state index in [4.69, 9.17) is 0 Å². The predicted molar refractivity (Wildman–Crippen MR) is 113 cm³/mol. The van der Waals surface area contributed by atoms with Crippen LogP contribution in [0.15, 0.2) is 42.5 Å². The first-order chi connectivity index (χ1) is 14.0. The van der Waals surface area contributed by atoms with E-state index >= 15 is 0 Å². The standard InChI is InChI=1S/C25H31FN2O/c1-17-24-12-20-6-9-22(29)13-23(20)25(17,16-28(24)15-19-2-3-19)10-11-27-14-18-4-7-21(26)8-5-18/h4-9,13,17,19,24,27,29H,2-3,10-12,14-16H2,1H3/t17-,24+,25-/m0/s1. The molecule has 2 N–H and O–H groups in total. The van der Waals surface area contributed by atoms with Gasteiger partial charge in [-0.25, -0.2) is 4.39 Å². The number of phenols is 1. The minimum atomic E-state index is -0.187. The van der Waals surface area contributed by atoms with Crippen molar-refractivity contribution in [2.24, 2.45) is 11.8 Å². The Morgan fingerprint density at radius 3 is 2.72 bits per heavy atom. The highest BCUT2D eigenvalue weighted by molar-refractivity contribution is 5.46. The third-order valence-electron chi connectivity index (χ3n) is 7.64. The molecule has 29 heavy (non-hydrogen) atoms. The lowest BCUT2D eigenvalue weighted by Crippen LogP contribution is -2.42. The van der Waals surface area contributed by atoms with E-state index < -0.39 is 0 Å². The molecule has 0 aromatic heterocycles. The first-order valence-corrected chi connectivity index (χ1v) is 11.1. The van der Waals surface area contributed by atoms with Crippen LogP contribution in [0.4, 0.5) is 4.39 Å². The molecule has 2 aromatic rings. The van der Waals surface area contributed by atoms with Crippen LogP contribution in [-0.2, 0) is 18.4 Å². The van der Waals surface area contributed by atoms with Gasteiger partial charge in [0, 0.05) is 31.1 Å². The zero-order valence-electron chi connectivity index (χ0n) is 17.2. The molecule has 0 radical (unpaired) electrons. The summed E-state index contributed by atoms with van der Waals surface area (Å²) in [6.45, 7) is 6.43. The maximum atomic E-state index is 13.1. The van der Waals surface area contributed by atoms with Crippen LogP contribution >= 0.6 is 0 Å². The highest BCUT2D eigenvalue weighted by Crippen LogP contribution is 2.52. The Morgan fingerprint density at radius 1 is 1.17 bits per heavy atom. The van der Waals surface area contributed by atoms with Crippen LogP contribution in [0.1, 0.15) is 42.9 Å². The topological polar surface area (TPSA) is 35.5 Å². The highest BCUT2D eigenvalue weighted by Gasteiger charge is 2.54. The number of nitrogens with zero attached hydrogens (tertiary/aromatic N) is 1. The Morgan fingerprint density at radius 2 is 1.97 bits per heavy atom. The maximum Gasteiger partial charge on any atom is 0.123 e. The monoisotopic (exact) mass is 394 g/mol. The van der Waals surface area contributed by atoms with Crippen molar-refractivity contribution in [3.05, 3.63) is 65.0 Å². The van der Waals surface area contributed by atoms with Crippen molar-refractivity contribution in [1.82, 2.24) is 10.2 Å². The Kier molecular flexibility index (Phi) is 4.87. The van der Waals surface area contributed by atoms with Crippen molar-refractivity contribution in [1.29, 1.82) is 0 Å². The molecule has 0 unspecified atom stereocenters. The summed E-state index contributed by atoms with van der Waals surface area (Å²) in [5, 5.41) is 13.8. The van der Waals surface area contributed by atoms with Crippen LogP contribution in [0.3, 0.4) is 0 Å². The van der Waals surface area contributed by atoms with Crippen LogP contribution in [0.25, 0.3) is 0 Å². The Bertz CT molecular complexity index is 879. The summed E-state index contributed by atoms with van der Waals surface area (Å²) in [5.74, 6) is 1.68. The number of nitrogens with one attached hydrogen (secondary N) is 1. The first kappa shape index (κ1) is 19.1. The average molecular weight is 395 g/mol. The summed E-state index contributed by atoms with van der Waals surface area (Å²) >= 11 is 0. The lowest BCUT2D eigenvalue weighted by Gasteiger charge is -2.40. The number of fused-ring (bicyclic) bond motifs is 4. The summed E-state index contributed by atoms with van der Waals surface area (Å²) in [7, 11) is 0. The number of aromatic hydroxyl groups is 1. The Balaban J connectivity index is 1.34. The molecule has 2 aromatic carbocycles. The Hall–Kier alpha value is -1.91. The summed E-state index contributed by atoms with van der Waals surface area (Å²) in [4.78, 5) is 2.75. The average Bonchev–Trinajstić information content (AvgIpc) is 3.50. The number of rotatable bonds is 7. The number of likely N-dealkylation sites (tertiary alicyclic amines) is 1. The molecule has 3 aliphatic rings. The number of phenolic OH excluding ortho intramolecular Hbond substituents is 1. The van der Waals surface area contributed by atoms with E-state index in [9.17, 15) is 9.50 Å². The van der Waals surface area contributed by atoms with Gasteiger partial charge in [0.1, 0.15) is 11.6 Å². The number of hydrogen-bond acceptors (Lipinski definition) is 3. The van der Waals surface area contributed by atoms with E-state index in [1.165, 1.54) is 42.6 Å². The minimum absolute atomic E-state index is 0.0989. The molecule has 1 heterocycles. The molecular weight excluding hydrogens is 363 g/mol. The fraction of sp³-hybridized carbons (Fsp3) is 0.520. The van der Waals surface area contributed by atoms with E-state index in [0.717, 1.165) is 44.0 Å². The molecule has 154 valence electrons. The third-order valence-corrected chi connectivity index (χ3v) is 7.64. The molecule has 1 saturated carbocycles. The second kappa shape index (κ2) is 7.41. The van der Waals surface area contributed by atoms with E-state index in [1.807, 2.05) is 24.3 Å². The summed E-state index contributed by atoms with van der Waals surface area (Å²) in [5.41, 5.74) is 3.99. The van der Waals surface area contributed by atoms with Crippen LogP contribution in [0.5, 0.6) is 5.75 Å². The minimum Gasteiger partial charge on any atom is -0.508 e. The van der Waals surface area contributed by atoms with Crippen molar-refractivity contribution in [2.45, 2.75) is 50.6 Å². The van der Waals surface area contributed by atoms with Crippen LogP contribution in [-0.4, -0.2) is 35.7 Å². The highest BCUT2D eigenvalue weighted by atomic mass is 19.1. The molecular formula is C25H31FN2O. The van der Waals surface area contributed by atoms with Crippen molar-refractivity contribution < 1.29 is 9.50 Å². The van der Waals surface area contributed by atoms with Crippen molar-refractivity contribution in [2.75, 3.05) is 19.6 Å². The zero-order chi connectivity index (χ0) is 20.0. The smallest absolute Gasteiger partial charge is 0.123 e. The first-order valence-electron chi connectivity index (χ1n) is 11.1. The summed E-state index contributed by atoms with van der Waals surface area (Å²) in [6.07, 6.45) is 4.94. The number of halogens is 1. The fourth-order valence-electron chi connectivity index (χ4n) is 5.80. The van der Waals surface area contributed by atoms with E-state index in [0.29, 0.717) is 17.7 Å².